The van der Waals surface area contributed by atoms with Crippen LogP contribution >= 0.6 is 23.4 Å². The van der Waals surface area contributed by atoms with Crippen molar-refractivity contribution in [3.05, 3.63) is 53.6 Å². The molecular weight excluding hydrogens is 392 g/mol. The minimum Gasteiger partial charge on any atom is -0.312 e. The summed E-state index contributed by atoms with van der Waals surface area (Å²) >= 11 is 7.39. The van der Waals surface area contributed by atoms with Crippen LogP contribution in [0.4, 0.5) is 5.69 Å². The van der Waals surface area contributed by atoms with Crippen molar-refractivity contribution in [2.75, 3.05) is 23.7 Å². The van der Waals surface area contributed by atoms with Crippen molar-refractivity contribution in [1.82, 2.24) is 4.72 Å². The average molecular weight is 411 g/mol. The zero-order valence-corrected chi connectivity index (χ0v) is 16.4. The number of thioether (sulfide) groups is 1. The molecule has 2 aromatic rings. The first-order valence-corrected chi connectivity index (χ1v) is 11.1. The van der Waals surface area contributed by atoms with Crippen molar-refractivity contribution in [2.45, 2.75) is 22.6 Å². The fourth-order valence-corrected chi connectivity index (χ4v) is 4.74. The van der Waals surface area contributed by atoms with Gasteiger partial charge in [-0.2, -0.15) is 0 Å². The number of carbonyl (C=O) groups excluding carboxylic acids is 1. The van der Waals surface area contributed by atoms with E-state index < -0.39 is 10.0 Å². The number of benzene rings is 2. The average Bonchev–Trinajstić information content (AvgIpc) is 3.06. The van der Waals surface area contributed by atoms with E-state index in [4.69, 9.17) is 11.6 Å². The lowest BCUT2D eigenvalue weighted by Gasteiger charge is -2.16. The van der Waals surface area contributed by atoms with Crippen molar-refractivity contribution in [3.63, 3.8) is 0 Å². The summed E-state index contributed by atoms with van der Waals surface area (Å²) in [6, 6.07) is 13.9. The van der Waals surface area contributed by atoms with Gasteiger partial charge in [0.2, 0.25) is 15.9 Å². The van der Waals surface area contributed by atoms with Gasteiger partial charge < -0.3 is 4.90 Å². The van der Waals surface area contributed by atoms with Crippen LogP contribution in [-0.2, 0) is 14.8 Å². The molecule has 0 aliphatic carbocycles. The van der Waals surface area contributed by atoms with Crippen molar-refractivity contribution in [1.29, 1.82) is 0 Å². The summed E-state index contributed by atoms with van der Waals surface area (Å²) in [6.07, 6.45) is 1.39. The number of rotatable bonds is 7. The van der Waals surface area contributed by atoms with Crippen molar-refractivity contribution < 1.29 is 13.2 Å². The largest absolute Gasteiger partial charge is 0.312 e. The number of nitrogens with zero attached hydrogens (tertiary/aromatic N) is 1. The molecule has 1 fully saturated rings. The molecule has 138 valence electrons. The summed E-state index contributed by atoms with van der Waals surface area (Å²) in [7, 11) is -3.56. The fraction of sp³-hybridized carbons (Fsp3) is 0.278. The van der Waals surface area contributed by atoms with Gasteiger partial charge in [0.1, 0.15) is 0 Å². The molecule has 0 atom stereocenters. The smallest absolute Gasteiger partial charge is 0.240 e. The first-order valence-electron chi connectivity index (χ1n) is 8.24. The Bertz CT molecular complexity index is 868. The van der Waals surface area contributed by atoms with E-state index in [-0.39, 0.29) is 10.8 Å². The Labute approximate surface area is 162 Å². The summed E-state index contributed by atoms with van der Waals surface area (Å²) < 4.78 is 27.3. The van der Waals surface area contributed by atoms with Gasteiger partial charge in [-0.15, -0.1) is 11.8 Å². The minimum absolute atomic E-state index is 0.0814. The summed E-state index contributed by atoms with van der Waals surface area (Å²) in [5.74, 6) is 0.694. The predicted molar refractivity (Wildman–Crippen MR) is 105 cm³/mol. The molecule has 26 heavy (non-hydrogen) atoms. The minimum atomic E-state index is -3.56. The van der Waals surface area contributed by atoms with Crippen LogP contribution in [0.1, 0.15) is 12.8 Å². The maximum Gasteiger partial charge on any atom is 0.240 e. The van der Waals surface area contributed by atoms with Crippen LogP contribution in [0.2, 0.25) is 5.02 Å². The summed E-state index contributed by atoms with van der Waals surface area (Å²) in [5.41, 5.74) is 0.741. The molecule has 1 aliphatic heterocycles. The Morgan fingerprint density at radius 3 is 2.38 bits per heavy atom. The lowest BCUT2D eigenvalue weighted by atomic mass is 10.3. The lowest BCUT2D eigenvalue weighted by Crippen LogP contribution is -2.26. The molecule has 0 radical (unpaired) electrons. The number of sulfonamides is 1. The van der Waals surface area contributed by atoms with Crippen LogP contribution in [0.3, 0.4) is 0 Å². The number of nitrogens with one attached hydrogen (secondary N) is 1. The van der Waals surface area contributed by atoms with Crippen LogP contribution in [0.25, 0.3) is 0 Å². The first kappa shape index (κ1) is 19.2. The van der Waals surface area contributed by atoms with Gasteiger partial charge in [0, 0.05) is 40.9 Å². The Morgan fingerprint density at radius 2 is 1.77 bits per heavy atom. The van der Waals surface area contributed by atoms with E-state index in [2.05, 4.69) is 4.72 Å². The van der Waals surface area contributed by atoms with Crippen LogP contribution in [0.5, 0.6) is 0 Å². The summed E-state index contributed by atoms with van der Waals surface area (Å²) in [4.78, 5) is 14.7. The van der Waals surface area contributed by atoms with Gasteiger partial charge >= 0.3 is 0 Å². The van der Waals surface area contributed by atoms with E-state index >= 15 is 0 Å². The maximum absolute atomic E-state index is 12.4. The van der Waals surface area contributed by atoms with Crippen molar-refractivity contribution in [2.24, 2.45) is 0 Å². The Kier molecular flexibility index (Phi) is 6.24. The fourth-order valence-electron chi connectivity index (χ4n) is 2.69. The zero-order valence-electron chi connectivity index (χ0n) is 14.0. The normalized spacial score (nSPS) is 14.8. The summed E-state index contributed by atoms with van der Waals surface area (Å²) in [5, 5.41) is 0.675. The van der Waals surface area contributed by atoms with E-state index in [1.807, 2.05) is 12.1 Å². The molecule has 2 aromatic carbocycles. The Hall–Kier alpha value is -1.54. The van der Waals surface area contributed by atoms with E-state index in [0.29, 0.717) is 30.3 Å². The lowest BCUT2D eigenvalue weighted by molar-refractivity contribution is -0.117. The summed E-state index contributed by atoms with van der Waals surface area (Å²) in [6.45, 7) is 1.01. The Morgan fingerprint density at radius 1 is 1.08 bits per heavy atom. The van der Waals surface area contributed by atoms with Gasteiger partial charge in [0.25, 0.3) is 0 Å². The highest BCUT2D eigenvalue weighted by Crippen LogP contribution is 2.23. The number of carbonyl (C=O) groups is 1. The van der Waals surface area contributed by atoms with Gasteiger partial charge in [-0.3, -0.25) is 4.79 Å². The van der Waals surface area contributed by atoms with Crippen LogP contribution in [0, 0.1) is 0 Å². The molecule has 0 saturated carbocycles. The molecule has 5 nitrogen and oxygen atoms in total. The van der Waals surface area contributed by atoms with Crippen LogP contribution in [0.15, 0.2) is 58.3 Å². The van der Waals surface area contributed by atoms with Crippen molar-refractivity contribution >= 4 is 45.0 Å². The quantitative estimate of drug-likeness (QED) is 0.560. The van der Waals surface area contributed by atoms with Gasteiger partial charge in [-0.1, -0.05) is 11.6 Å². The predicted octanol–water partition coefficient (Wildman–Crippen LogP) is 3.54. The third kappa shape index (κ3) is 4.79. The molecule has 1 amide bonds. The van der Waals surface area contributed by atoms with Gasteiger partial charge in [0.05, 0.1) is 4.90 Å². The topological polar surface area (TPSA) is 66.5 Å². The van der Waals surface area contributed by atoms with Gasteiger partial charge in [-0.05, 0) is 55.0 Å². The molecule has 0 spiro atoms. The number of amides is 1. The van der Waals surface area contributed by atoms with E-state index in [1.165, 1.54) is 12.1 Å². The molecule has 0 unspecified atom stereocenters. The molecular formula is C18H19ClN2O3S2. The zero-order chi connectivity index (χ0) is 18.6. The third-order valence-corrected chi connectivity index (χ3v) is 6.75. The monoisotopic (exact) mass is 410 g/mol. The second kappa shape index (κ2) is 8.43. The van der Waals surface area contributed by atoms with Crippen LogP contribution in [-0.4, -0.2) is 33.2 Å². The highest BCUT2D eigenvalue weighted by atomic mass is 35.5. The third-order valence-electron chi connectivity index (χ3n) is 4.01. The van der Waals surface area contributed by atoms with Crippen molar-refractivity contribution in [3.8, 4) is 0 Å². The molecule has 0 bridgehead atoms. The molecule has 8 heteroatoms. The van der Waals surface area contributed by atoms with E-state index in [9.17, 15) is 13.2 Å². The molecule has 1 aliphatic rings. The molecule has 3 rings (SSSR count). The highest BCUT2D eigenvalue weighted by molar-refractivity contribution is 7.99. The van der Waals surface area contributed by atoms with E-state index in [0.717, 1.165) is 17.0 Å². The first-order chi connectivity index (χ1) is 12.5. The molecule has 1 N–H and O–H groups in total. The SMILES string of the molecule is O=C1CCCN1c1ccc(S(=O)(=O)NCCSc2ccc(Cl)cc2)cc1. The molecule has 0 aromatic heterocycles. The number of hydrogen-bond acceptors (Lipinski definition) is 4. The number of anilines is 1. The standard InChI is InChI=1S/C18H19ClN2O3S2/c19-14-3-7-16(8-4-14)25-13-11-20-26(23,24)17-9-5-15(6-10-17)21-12-1-2-18(21)22/h3-10,20H,1-2,11-13H2. The second-order valence-corrected chi connectivity index (χ2v) is 9.21. The second-order valence-electron chi connectivity index (χ2n) is 5.84. The Balaban J connectivity index is 1.54. The maximum atomic E-state index is 12.4. The number of halogens is 1. The number of hydrogen-bond donors (Lipinski definition) is 1. The van der Waals surface area contributed by atoms with Crippen LogP contribution < -0.4 is 9.62 Å². The highest BCUT2D eigenvalue weighted by Gasteiger charge is 2.22. The van der Waals surface area contributed by atoms with Gasteiger partial charge in [-0.25, -0.2) is 13.1 Å². The van der Waals surface area contributed by atoms with Gasteiger partial charge in [0.15, 0.2) is 0 Å². The molecule has 1 heterocycles. The molecule has 1 saturated heterocycles. The van der Waals surface area contributed by atoms with E-state index in [1.54, 1.807) is 40.9 Å².